The third-order valence-electron chi connectivity index (χ3n) is 9.57. The van der Waals surface area contributed by atoms with Crippen molar-refractivity contribution in [2.45, 2.75) is 95.4 Å². The highest BCUT2D eigenvalue weighted by Crippen LogP contribution is 2.36. The van der Waals surface area contributed by atoms with Crippen LogP contribution in [0.15, 0.2) is 53.0 Å². The standard InChI is InChI=1S/C34H45BrN4O4/c1-2-3-19-39-32(42)30(31(41)26-7-5-4-6-8-26)37-33(43)34(39)17-20-38(21-18-34)23-25-11-15-28(16-12-25)36-29(40)22-24-9-13-27(35)14-10-24/h9-16,26,30-31,41H,2-8,17-23H2,1H3,(H,36,40)(H,37,43)/t30-,31-/m1/s1. The van der Waals surface area contributed by atoms with Crippen molar-refractivity contribution in [3.63, 3.8) is 0 Å². The summed E-state index contributed by atoms with van der Waals surface area (Å²) in [6, 6.07) is 14.8. The normalized spacial score (nSPS) is 21.9. The molecule has 9 heteroatoms. The summed E-state index contributed by atoms with van der Waals surface area (Å²) < 4.78 is 0.985. The number of carbonyl (C=O) groups excluding carboxylic acids is 3. The van der Waals surface area contributed by atoms with Gasteiger partial charge in [-0.3, -0.25) is 19.3 Å². The summed E-state index contributed by atoms with van der Waals surface area (Å²) in [5.74, 6) is -0.209. The number of hydrogen-bond acceptors (Lipinski definition) is 5. The molecule has 2 aromatic carbocycles. The number of piperidine rings is 1. The molecular formula is C34H45BrN4O4. The molecule has 1 saturated carbocycles. The highest BCUT2D eigenvalue weighted by atomic mass is 79.9. The molecule has 2 aliphatic heterocycles. The Bertz CT molecular complexity index is 1250. The lowest BCUT2D eigenvalue weighted by atomic mass is 9.78. The molecule has 0 radical (unpaired) electrons. The predicted octanol–water partition coefficient (Wildman–Crippen LogP) is 5.03. The molecule has 2 saturated heterocycles. The lowest BCUT2D eigenvalue weighted by molar-refractivity contribution is -0.166. The summed E-state index contributed by atoms with van der Waals surface area (Å²) in [6.45, 7) is 4.77. The molecule has 5 rings (SSSR count). The number of aliphatic hydroxyl groups is 1. The van der Waals surface area contributed by atoms with Gasteiger partial charge in [-0.2, -0.15) is 0 Å². The molecular weight excluding hydrogens is 608 g/mol. The number of carbonyl (C=O) groups is 3. The Morgan fingerprint density at radius 2 is 1.67 bits per heavy atom. The first-order valence-electron chi connectivity index (χ1n) is 15.9. The average Bonchev–Trinajstić information content (AvgIpc) is 3.02. The Morgan fingerprint density at radius 1 is 1.02 bits per heavy atom. The minimum atomic E-state index is -0.853. The summed E-state index contributed by atoms with van der Waals surface area (Å²) in [4.78, 5) is 44.2. The molecule has 2 atom stereocenters. The van der Waals surface area contributed by atoms with Crippen molar-refractivity contribution in [3.8, 4) is 0 Å². The van der Waals surface area contributed by atoms with Crippen molar-refractivity contribution in [3.05, 3.63) is 64.1 Å². The first-order chi connectivity index (χ1) is 20.8. The van der Waals surface area contributed by atoms with Crippen LogP contribution in [0, 0.1) is 5.92 Å². The van der Waals surface area contributed by atoms with E-state index in [0.717, 1.165) is 66.4 Å². The Morgan fingerprint density at radius 3 is 2.33 bits per heavy atom. The molecule has 0 unspecified atom stereocenters. The number of rotatable bonds is 10. The molecule has 232 valence electrons. The number of nitrogens with one attached hydrogen (secondary N) is 2. The van der Waals surface area contributed by atoms with Crippen molar-refractivity contribution >= 4 is 39.3 Å². The second kappa shape index (κ2) is 14.4. The van der Waals surface area contributed by atoms with Crippen molar-refractivity contribution in [2.75, 3.05) is 25.0 Å². The van der Waals surface area contributed by atoms with Crippen LogP contribution in [0.2, 0.25) is 0 Å². The molecule has 43 heavy (non-hydrogen) atoms. The Labute approximate surface area is 263 Å². The van der Waals surface area contributed by atoms with E-state index in [4.69, 9.17) is 0 Å². The van der Waals surface area contributed by atoms with Gasteiger partial charge >= 0.3 is 0 Å². The van der Waals surface area contributed by atoms with Crippen LogP contribution in [0.1, 0.15) is 75.8 Å². The fourth-order valence-corrected chi connectivity index (χ4v) is 7.25. The molecule has 3 fully saturated rings. The third kappa shape index (κ3) is 7.49. The number of hydrogen-bond donors (Lipinski definition) is 3. The lowest BCUT2D eigenvalue weighted by Crippen LogP contribution is -2.75. The second-order valence-corrected chi connectivity index (χ2v) is 13.5. The van der Waals surface area contributed by atoms with E-state index in [2.05, 4.69) is 38.4 Å². The third-order valence-corrected chi connectivity index (χ3v) is 10.1. The largest absolute Gasteiger partial charge is 0.390 e. The van der Waals surface area contributed by atoms with Crippen LogP contribution in [0.25, 0.3) is 0 Å². The molecule has 3 amide bonds. The molecule has 2 aromatic rings. The van der Waals surface area contributed by atoms with E-state index in [1.54, 1.807) is 0 Å². The number of unbranched alkanes of at least 4 members (excludes halogenated alkanes) is 1. The molecule has 0 bridgehead atoms. The number of piperazine rings is 1. The summed E-state index contributed by atoms with van der Waals surface area (Å²) in [5, 5.41) is 17.1. The van der Waals surface area contributed by atoms with Gasteiger partial charge in [0, 0.05) is 36.3 Å². The number of anilines is 1. The van der Waals surface area contributed by atoms with E-state index in [0.29, 0.717) is 38.9 Å². The summed E-state index contributed by atoms with van der Waals surface area (Å²) in [6.07, 6.45) is 7.54. The number of aliphatic hydroxyl groups excluding tert-OH is 1. The quantitative estimate of drug-likeness (QED) is 0.334. The molecule has 1 spiro atoms. The zero-order chi connectivity index (χ0) is 30.4. The minimum absolute atomic E-state index is 0.0576. The van der Waals surface area contributed by atoms with Crippen LogP contribution in [0.4, 0.5) is 5.69 Å². The molecule has 1 aliphatic carbocycles. The Kier molecular flexibility index (Phi) is 10.6. The van der Waals surface area contributed by atoms with E-state index in [1.807, 2.05) is 53.4 Å². The fraction of sp³-hybridized carbons (Fsp3) is 0.559. The van der Waals surface area contributed by atoms with Gasteiger partial charge in [-0.1, -0.05) is 72.8 Å². The first-order valence-corrected chi connectivity index (χ1v) is 16.7. The van der Waals surface area contributed by atoms with Crippen LogP contribution in [0.5, 0.6) is 0 Å². The molecule has 3 aliphatic rings. The monoisotopic (exact) mass is 652 g/mol. The number of likely N-dealkylation sites (tertiary alicyclic amines) is 1. The van der Waals surface area contributed by atoms with E-state index in [1.165, 1.54) is 6.42 Å². The van der Waals surface area contributed by atoms with Crippen molar-refractivity contribution in [2.24, 2.45) is 5.92 Å². The highest BCUT2D eigenvalue weighted by molar-refractivity contribution is 9.10. The van der Waals surface area contributed by atoms with E-state index >= 15 is 0 Å². The fourth-order valence-electron chi connectivity index (χ4n) is 6.98. The van der Waals surface area contributed by atoms with Gasteiger partial charge in [0.15, 0.2) is 0 Å². The van der Waals surface area contributed by atoms with Gasteiger partial charge < -0.3 is 20.6 Å². The van der Waals surface area contributed by atoms with Crippen molar-refractivity contribution < 1.29 is 19.5 Å². The summed E-state index contributed by atoms with van der Waals surface area (Å²) in [7, 11) is 0. The number of halogens is 1. The molecule has 3 N–H and O–H groups in total. The molecule has 8 nitrogen and oxygen atoms in total. The maximum absolute atomic E-state index is 13.8. The summed E-state index contributed by atoms with van der Waals surface area (Å²) >= 11 is 3.42. The summed E-state index contributed by atoms with van der Waals surface area (Å²) in [5.41, 5.74) is 1.99. The Hall–Kier alpha value is -2.75. The van der Waals surface area contributed by atoms with Crippen LogP contribution in [-0.4, -0.2) is 69.9 Å². The highest BCUT2D eigenvalue weighted by Gasteiger charge is 2.55. The van der Waals surface area contributed by atoms with Gasteiger partial charge in [-0.25, -0.2) is 0 Å². The van der Waals surface area contributed by atoms with Crippen LogP contribution in [-0.2, 0) is 27.3 Å². The smallest absolute Gasteiger partial charge is 0.248 e. The van der Waals surface area contributed by atoms with Gasteiger partial charge in [-0.15, -0.1) is 0 Å². The SMILES string of the molecule is CCCCN1C(=O)[C@@H]([C@H](O)C2CCCCC2)NC(=O)C12CCN(Cc1ccc(NC(=O)Cc3ccc(Br)cc3)cc1)CC2. The number of benzene rings is 2. The number of nitrogens with zero attached hydrogens (tertiary/aromatic N) is 2. The lowest BCUT2D eigenvalue weighted by Gasteiger charge is -2.52. The van der Waals surface area contributed by atoms with Crippen LogP contribution < -0.4 is 10.6 Å². The Balaban J connectivity index is 1.17. The zero-order valence-corrected chi connectivity index (χ0v) is 26.8. The van der Waals surface area contributed by atoms with Gasteiger partial charge in [0.2, 0.25) is 17.7 Å². The van der Waals surface area contributed by atoms with Gasteiger partial charge in [0.05, 0.1) is 12.5 Å². The van der Waals surface area contributed by atoms with Gasteiger partial charge in [0.25, 0.3) is 0 Å². The first kappa shape index (κ1) is 31.7. The van der Waals surface area contributed by atoms with Crippen LogP contribution in [0.3, 0.4) is 0 Å². The van der Waals surface area contributed by atoms with Gasteiger partial charge in [-0.05, 0) is 73.4 Å². The van der Waals surface area contributed by atoms with E-state index in [9.17, 15) is 19.5 Å². The van der Waals surface area contributed by atoms with Crippen LogP contribution >= 0.6 is 15.9 Å². The number of amides is 3. The topological polar surface area (TPSA) is 102 Å². The maximum atomic E-state index is 13.8. The second-order valence-electron chi connectivity index (χ2n) is 12.5. The van der Waals surface area contributed by atoms with Crippen molar-refractivity contribution in [1.29, 1.82) is 0 Å². The van der Waals surface area contributed by atoms with E-state index < -0.39 is 17.7 Å². The minimum Gasteiger partial charge on any atom is -0.390 e. The average molecular weight is 654 g/mol. The molecule has 2 heterocycles. The predicted molar refractivity (Wildman–Crippen MR) is 171 cm³/mol. The maximum Gasteiger partial charge on any atom is 0.248 e. The molecule has 0 aromatic heterocycles. The van der Waals surface area contributed by atoms with E-state index in [-0.39, 0.29) is 23.6 Å². The van der Waals surface area contributed by atoms with Crippen molar-refractivity contribution in [1.82, 2.24) is 15.1 Å². The van der Waals surface area contributed by atoms with Gasteiger partial charge in [0.1, 0.15) is 11.6 Å². The zero-order valence-electron chi connectivity index (χ0n) is 25.2.